The molecule has 6 nitrogen and oxygen atoms in total. The zero-order chi connectivity index (χ0) is 20.0. The number of aromatic hydroxyl groups is 1. The number of rotatable bonds is 7. The van der Waals surface area contributed by atoms with E-state index in [1.54, 1.807) is 19.1 Å². The maximum Gasteiger partial charge on any atom is 0.337 e. The van der Waals surface area contributed by atoms with Crippen molar-refractivity contribution in [2.24, 2.45) is 0 Å². The van der Waals surface area contributed by atoms with Crippen LogP contribution in [0.15, 0.2) is 52.7 Å². The van der Waals surface area contributed by atoms with Crippen LogP contribution < -0.4 is 10.1 Å². The standard InChI is InChI=1S/C20H22N2O4S/c1-5-9-26-20(24)17-12(3)22-19(27-6-2)14(11-21)18(17)13-7-8-15(23)16(10-13)25-4/h5,7-8,10,18,22-23H,1,6,9H2,2-4H3/t18-/m1/s1. The molecule has 1 atom stereocenters. The maximum atomic E-state index is 12.7. The third kappa shape index (κ3) is 4.29. The normalized spacial score (nSPS) is 16.4. The molecule has 0 saturated heterocycles. The van der Waals surface area contributed by atoms with Crippen LogP contribution >= 0.6 is 11.8 Å². The van der Waals surface area contributed by atoms with Crippen LogP contribution in [0.25, 0.3) is 0 Å². The quantitative estimate of drug-likeness (QED) is 0.547. The predicted octanol–water partition coefficient (Wildman–Crippen LogP) is 3.58. The molecule has 1 aliphatic rings. The lowest BCUT2D eigenvalue weighted by atomic mass is 9.82. The van der Waals surface area contributed by atoms with Crippen LogP contribution in [0.5, 0.6) is 11.5 Å². The summed E-state index contributed by atoms with van der Waals surface area (Å²) in [6.07, 6.45) is 1.49. The second-order valence-corrected chi connectivity index (χ2v) is 6.98. The van der Waals surface area contributed by atoms with Gasteiger partial charge in [0.15, 0.2) is 11.5 Å². The number of nitrogens with zero attached hydrogens (tertiary/aromatic N) is 1. The van der Waals surface area contributed by atoms with E-state index in [0.29, 0.717) is 27.4 Å². The van der Waals surface area contributed by atoms with Gasteiger partial charge in [0.25, 0.3) is 0 Å². The highest BCUT2D eigenvalue weighted by atomic mass is 32.2. The number of phenolic OH excluding ortho intramolecular Hbond substituents is 1. The van der Waals surface area contributed by atoms with Crippen molar-refractivity contribution in [2.75, 3.05) is 19.5 Å². The number of thioether (sulfide) groups is 1. The van der Waals surface area contributed by atoms with E-state index < -0.39 is 11.9 Å². The van der Waals surface area contributed by atoms with Gasteiger partial charge in [-0.1, -0.05) is 25.6 Å². The molecule has 0 radical (unpaired) electrons. The number of nitriles is 1. The third-order valence-electron chi connectivity index (χ3n) is 4.03. The zero-order valence-corrected chi connectivity index (χ0v) is 16.4. The minimum atomic E-state index is -0.628. The fourth-order valence-corrected chi connectivity index (χ4v) is 3.69. The van der Waals surface area contributed by atoms with Gasteiger partial charge in [-0.15, -0.1) is 11.8 Å². The number of phenols is 1. The Labute approximate surface area is 163 Å². The van der Waals surface area contributed by atoms with Gasteiger partial charge in [0.2, 0.25) is 0 Å². The van der Waals surface area contributed by atoms with Crippen molar-refractivity contribution < 1.29 is 19.4 Å². The lowest BCUT2D eigenvalue weighted by molar-refractivity contribution is -0.138. The van der Waals surface area contributed by atoms with Gasteiger partial charge in [-0.2, -0.15) is 5.26 Å². The summed E-state index contributed by atoms with van der Waals surface area (Å²) in [6, 6.07) is 7.02. The highest BCUT2D eigenvalue weighted by Gasteiger charge is 2.35. The minimum absolute atomic E-state index is 0.0164. The number of methoxy groups -OCH3 is 1. The Morgan fingerprint density at radius 2 is 2.26 bits per heavy atom. The number of carbonyl (C=O) groups is 1. The molecule has 2 rings (SSSR count). The summed E-state index contributed by atoms with van der Waals surface area (Å²) in [4.78, 5) is 12.7. The van der Waals surface area contributed by atoms with E-state index in [0.717, 1.165) is 5.75 Å². The summed E-state index contributed by atoms with van der Waals surface area (Å²) in [6.45, 7) is 7.39. The van der Waals surface area contributed by atoms with E-state index in [9.17, 15) is 15.2 Å². The van der Waals surface area contributed by atoms with E-state index in [1.165, 1.54) is 31.0 Å². The molecule has 1 aromatic carbocycles. The second kappa shape index (κ2) is 9.19. The highest BCUT2D eigenvalue weighted by Crippen LogP contribution is 2.42. The first-order valence-electron chi connectivity index (χ1n) is 8.38. The molecular formula is C20H22N2O4S. The molecule has 0 aromatic heterocycles. The summed E-state index contributed by atoms with van der Waals surface area (Å²) in [5, 5.41) is 23.6. The molecule has 0 saturated carbocycles. The molecule has 1 heterocycles. The lowest BCUT2D eigenvalue weighted by Gasteiger charge is -2.29. The fraction of sp³-hybridized carbons (Fsp3) is 0.300. The fourth-order valence-electron chi connectivity index (χ4n) is 2.86. The van der Waals surface area contributed by atoms with Crippen molar-refractivity contribution in [3.63, 3.8) is 0 Å². The van der Waals surface area contributed by atoms with Crippen LogP contribution in [0.4, 0.5) is 0 Å². The molecule has 0 fully saturated rings. The van der Waals surface area contributed by atoms with Gasteiger partial charge >= 0.3 is 5.97 Å². The molecule has 7 heteroatoms. The Morgan fingerprint density at radius 1 is 1.52 bits per heavy atom. The summed E-state index contributed by atoms with van der Waals surface area (Å²) in [5.74, 6) is -0.132. The van der Waals surface area contributed by atoms with Crippen molar-refractivity contribution in [1.29, 1.82) is 5.26 Å². The van der Waals surface area contributed by atoms with Gasteiger partial charge in [0.1, 0.15) is 6.61 Å². The predicted molar refractivity (Wildman–Crippen MR) is 105 cm³/mol. The Hall–Kier alpha value is -2.85. The number of dihydropyridines is 1. The Balaban J connectivity index is 2.64. The van der Waals surface area contributed by atoms with E-state index in [4.69, 9.17) is 9.47 Å². The average molecular weight is 386 g/mol. The van der Waals surface area contributed by atoms with E-state index in [2.05, 4.69) is 18.0 Å². The van der Waals surface area contributed by atoms with E-state index >= 15 is 0 Å². The summed E-state index contributed by atoms with van der Waals surface area (Å²) in [7, 11) is 1.45. The maximum absolute atomic E-state index is 12.7. The van der Waals surface area contributed by atoms with Gasteiger partial charge < -0.3 is 19.9 Å². The number of allylic oxidation sites excluding steroid dienone is 2. The smallest absolute Gasteiger partial charge is 0.337 e. The number of carbonyl (C=O) groups excluding carboxylic acids is 1. The van der Waals surface area contributed by atoms with Crippen molar-refractivity contribution in [3.05, 3.63) is 58.3 Å². The van der Waals surface area contributed by atoms with Crippen LogP contribution in [0.3, 0.4) is 0 Å². The molecule has 2 N–H and O–H groups in total. The molecule has 27 heavy (non-hydrogen) atoms. The van der Waals surface area contributed by atoms with Crippen LogP contribution in [0, 0.1) is 11.3 Å². The van der Waals surface area contributed by atoms with Gasteiger partial charge in [-0.3, -0.25) is 0 Å². The molecule has 0 unspecified atom stereocenters. The lowest BCUT2D eigenvalue weighted by Crippen LogP contribution is -2.29. The van der Waals surface area contributed by atoms with Crippen LogP contribution in [-0.2, 0) is 9.53 Å². The highest BCUT2D eigenvalue weighted by molar-refractivity contribution is 8.03. The van der Waals surface area contributed by atoms with Crippen molar-refractivity contribution in [2.45, 2.75) is 19.8 Å². The number of ether oxygens (including phenoxy) is 2. The molecule has 0 bridgehead atoms. The summed E-state index contributed by atoms with van der Waals surface area (Å²) < 4.78 is 10.4. The zero-order valence-electron chi connectivity index (χ0n) is 15.5. The molecule has 1 aromatic rings. The topological polar surface area (TPSA) is 91.6 Å². The average Bonchev–Trinajstić information content (AvgIpc) is 2.66. The molecular weight excluding hydrogens is 364 g/mol. The van der Waals surface area contributed by atoms with Crippen molar-refractivity contribution in [3.8, 4) is 17.6 Å². The number of esters is 1. The summed E-state index contributed by atoms with van der Waals surface area (Å²) in [5.41, 5.74) is 2.05. The molecule has 0 spiro atoms. The van der Waals surface area contributed by atoms with Gasteiger partial charge in [0, 0.05) is 5.70 Å². The third-order valence-corrected chi connectivity index (χ3v) is 4.92. The molecule has 0 amide bonds. The van der Waals surface area contributed by atoms with Gasteiger partial charge in [0.05, 0.1) is 35.3 Å². The van der Waals surface area contributed by atoms with Crippen molar-refractivity contribution in [1.82, 2.24) is 5.32 Å². The largest absolute Gasteiger partial charge is 0.504 e. The van der Waals surface area contributed by atoms with E-state index in [1.807, 2.05) is 6.92 Å². The Kier molecular flexibility index (Phi) is 6.97. The van der Waals surface area contributed by atoms with E-state index in [-0.39, 0.29) is 18.1 Å². The SMILES string of the molecule is C=CCOC(=O)C1=C(C)NC(SCC)=C(C#N)[C@H]1c1ccc(O)c(OC)c1. The van der Waals surface area contributed by atoms with Crippen LogP contribution in [-0.4, -0.2) is 30.5 Å². The first-order chi connectivity index (χ1) is 13.0. The van der Waals surface area contributed by atoms with Crippen LogP contribution in [0.2, 0.25) is 0 Å². The molecule has 1 aliphatic heterocycles. The molecule has 0 aliphatic carbocycles. The Morgan fingerprint density at radius 3 is 2.85 bits per heavy atom. The Bertz CT molecular complexity index is 852. The van der Waals surface area contributed by atoms with Crippen molar-refractivity contribution >= 4 is 17.7 Å². The minimum Gasteiger partial charge on any atom is -0.504 e. The number of hydrogen-bond donors (Lipinski definition) is 2. The number of hydrogen-bond acceptors (Lipinski definition) is 7. The second-order valence-electron chi connectivity index (χ2n) is 5.70. The monoisotopic (exact) mass is 386 g/mol. The van der Waals surface area contributed by atoms with Gasteiger partial charge in [-0.25, -0.2) is 4.79 Å². The number of nitrogens with one attached hydrogen (secondary N) is 1. The molecule has 142 valence electrons. The van der Waals surface area contributed by atoms with Crippen LogP contribution in [0.1, 0.15) is 25.3 Å². The summed E-state index contributed by atoms with van der Waals surface area (Å²) >= 11 is 1.49. The van der Waals surface area contributed by atoms with Gasteiger partial charge in [-0.05, 0) is 30.4 Å². The first-order valence-corrected chi connectivity index (χ1v) is 9.36. The number of benzene rings is 1. The first kappa shape index (κ1) is 20.5.